The lowest BCUT2D eigenvalue weighted by Gasteiger charge is -2.38. The van der Waals surface area contributed by atoms with E-state index in [-0.39, 0.29) is 21.8 Å². The molecule has 0 aliphatic carbocycles. The second-order valence-corrected chi connectivity index (χ2v) is 13.6. The van der Waals surface area contributed by atoms with Gasteiger partial charge in [-0.25, -0.2) is 17.8 Å². The summed E-state index contributed by atoms with van der Waals surface area (Å²) in [6, 6.07) is 12.2. The van der Waals surface area contributed by atoms with E-state index in [0.29, 0.717) is 16.7 Å². The van der Waals surface area contributed by atoms with Crippen molar-refractivity contribution in [1.29, 1.82) is 0 Å². The number of halogens is 4. The predicted molar refractivity (Wildman–Crippen MR) is 157 cm³/mol. The van der Waals surface area contributed by atoms with Crippen molar-refractivity contribution >= 4 is 26.6 Å². The van der Waals surface area contributed by atoms with Crippen molar-refractivity contribution in [3.8, 4) is 5.75 Å². The Hall–Kier alpha value is -3.97. The number of aliphatic hydroxyl groups is 1. The highest BCUT2D eigenvalue weighted by molar-refractivity contribution is 7.90. The van der Waals surface area contributed by atoms with E-state index in [1.54, 1.807) is 31.2 Å². The Kier molecular flexibility index (Phi) is 8.87. The number of carbonyl (C=O) groups excluding carboxylic acids is 1. The summed E-state index contributed by atoms with van der Waals surface area (Å²) in [6.07, 6.45) is -4.74. The number of nitrogens with one attached hydrogen (secondary N) is 2. The highest BCUT2D eigenvalue weighted by atomic mass is 32.2. The molecule has 0 saturated heterocycles. The minimum atomic E-state index is -5.11. The molecule has 2 heterocycles. The third-order valence-electron chi connectivity index (χ3n) is 7.58. The minimum absolute atomic E-state index is 0.00605. The summed E-state index contributed by atoms with van der Waals surface area (Å²) in [7, 11) is -2.14. The van der Waals surface area contributed by atoms with Crippen molar-refractivity contribution < 1.29 is 40.6 Å². The molecule has 4 aromatic rings. The Morgan fingerprint density at radius 2 is 1.75 bits per heavy atom. The number of carbonyl (C=O) groups is 1. The lowest BCUT2D eigenvalue weighted by atomic mass is 9.72. The Bertz CT molecular complexity index is 1790. The smallest absolute Gasteiger partial charge is 0.417 e. The van der Waals surface area contributed by atoms with E-state index in [1.165, 1.54) is 45.4 Å². The zero-order valence-electron chi connectivity index (χ0n) is 24.7. The van der Waals surface area contributed by atoms with Crippen LogP contribution in [0.4, 0.5) is 17.6 Å². The van der Waals surface area contributed by atoms with Crippen molar-refractivity contribution in [2.45, 2.75) is 61.9 Å². The van der Waals surface area contributed by atoms with E-state index in [4.69, 9.17) is 4.74 Å². The van der Waals surface area contributed by atoms with E-state index < -0.39 is 57.6 Å². The molecule has 4 rings (SSSR count). The molecule has 1 unspecified atom stereocenters. The van der Waals surface area contributed by atoms with Crippen molar-refractivity contribution in [1.82, 2.24) is 15.3 Å². The average molecular weight is 636 g/mol. The van der Waals surface area contributed by atoms with Gasteiger partial charge in [-0.05, 0) is 66.3 Å². The molecule has 13 heteroatoms. The lowest BCUT2D eigenvalue weighted by Crippen LogP contribution is -2.51. The maximum atomic E-state index is 14.5. The number of sulfone groups is 1. The van der Waals surface area contributed by atoms with Crippen molar-refractivity contribution in [3.05, 3.63) is 89.0 Å². The van der Waals surface area contributed by atoms with E-state index in [0.717, 1.165) is 24.0 Å². The highest BCUT2D eigenvalue weighted by Crippen LogP contribution is 2.44. The van der Waals surface area contributed by atoms with Crippen molar-refractivity contribution in [3.63, 3.8) is 0 Å². The molecule has 2 aromatic carbocycles. The largest absolute Gasteiger partial charge is 0.497 e. The van der Waals surface area contributed by atoms with Crippen LogP contribution in [0.25, 0.3) is 10.9 Å². The number of methoxy groups -OCH3 is 1. The Labute approximate surface area is 252 Å². The standard InChI is InChI=1S/C31H33F4N3O5S/c1-18(19-6-9-23(43-4)10-7-19)37-28(39)24-14-21(32)8-11-25(24)29(2,3)17-30(40,31(33,34)35)15-22-12-20-13-27(44(5,41)42)36-16-26(20)38-22/h6-14,16,18,38,40H,15,17H2,1-5H3,(H,37,39)/t18-,30?/m0/s1. The SMILES string of the molecule is COc1ccc([C@H](C)NC(=O)c2cc(F)ccc2C(C)(C)CC(O)(Cc2cc3cc(S(C)(=O)=O)ncc3[nH]2)C(F)(F)F)cc1. The zero-order chi connectivity index (χ0) is 32.7. The molecule has 0 aliphatic rings. The zero-order valence-corrected chi connectivity index (χ0v) is 25.5. The van der Waals surface area contributed by atoms with E-state index in [1.807, 2.05) is 0 Å². The van der Waals surface area contributed by atoms with Gasteiger partial charge < -0.3 is 20.1 Å². The summed E-state index contributed by atoms with van der Waals surface area (Å²) in [5.74, 6) is -0.837. The number of alkyl halides is 3. The summed E-state index contributed by atoms with van der Waals surface area (Å²) in [5.41, 5.74) is -3.81. The molecule has 0 fully saturated rings. The van der Waals surface area contributed by atoms with Gasteiger partial charge in [-0.2, -0.15) is 13.2 Å². The van der Waals surface area contributed by atoms with Crippen LogP contribution in [0.15, 0.2) is 65.8 Å². The van der Waals surface area contributed by atoms with Crippen LogP contribution in [0.2, 0.25) is 0 Å². The fourth-order valence-electron chi connectivity index (χ4n) is 5.32. The van der Waals surface area contributed by atoms with Gasteiger partial charge in [0.2, 0.25) is 0 Å². The van der Waals surface area contributed by atoms with Crippen LogP contribution >= 0.6 is 0 Å². The first-order chi connectivity index (χ1) is 20.3. The van der Waals surface area contributed by atoms with Crippen LogP contribution in [0, 0.1) is 5.82 Å². The number of pyridine rings is 1. The van der Waals surface area contributed by atoms with Crippen molar-refractivity contribution in [2.75, 3.05) is 13.4 Å². The molecule has 0 bridgehead atoms. The first kappa shape index (κ1) is 32.9. The molecule has 3 N–H and O–H groups in total. The summed E-state index contributed by atoms with van der Waals surface area (Å²) < 4.78 is 86.9. The number of rotatable bonds is 10. The molecule has 0 spiro atoms. The minimum Gasteiger partial charge on any atom is -0.497 e. The maximum Gasteiger partial charge on any atom is 0.417 e. The van der Waals surface area contributed by atoms with Gasteiger partial charge >= 0.3 is 6.18 Å². The number of aromatic amines is 1. The quantitative estimate of drug-likeness (QED) is 0.189. The van der Waals surface area contributed by atoms with Gasteiger partial charge in [0.15, 0.2) is 20.5 Å². The number of aromatic nitrogens is 2. The Balaban J connectivity index is 1.65. The number of hydrogen-bond acceptors (Lipinski definition) is 6. The fourth-order valence-corrected chi connectivity index (χ4v) is 5.90. The summed E-state index contributed by atoms with van der Waals surface area (Å²) in [5, 5.41) is 14.0. The van der Waals surface area contributed by atoms with E-state index in [2.05, 4.69) is 15.3 Å². The maximum absolute atomic E-state index is 14.5. The number of fused-ring (bicyclic) bond motifs is 1. The van der Waals surface area contributed by atoms with Crippen LogP contribution in [0.3, 0.4) is 0 Å². The number of amides is 1. The number of ether oxygens (including phenoxy) is 1. The monoisotopic (exact) mass is 635 g/mol. The molecule has 1 amide bonds. The number of benzene rings is 2. The second-order valence-electron chi connectivity index (χ2n) is 11.6. The molecule has 2 aromatic heterocycles. The third kappa shape index (κ3) is 7.05. The van der Waals surface area contributed by atoms with Crippen molar-refractivity contribution in [2.24, 2.45) is 0 Å². The molecule has 44 heavy (non-hydrogen) atoms. The molecule has 8 nitrogen and oxygen atoms in total. The lowest BCUT2D eigenvalue weighted by molar-refractivity contribution is -0.266. The summed E-state index contributed by atoms with van der Waals surface area (Å²) in [4.78, 5) is 20.0. The van der Waals surface area contributed by atoms with Crippen LogP contribution in [-0.4, -0.2) is 54.5 Å². The Morgan fingerprint density at radius 1 is 1.09 bits per heavy atom. The van der Waals surface area contributed by atoms with Gasteiger partial charge in [-0.3, -0.25) is 4.79 Å². The predicted octanol–water partition coefficient (Wildman–Crippen LogP) is 5.81. The molecular formula is C31H33F4N3O5S. The topological polar surface area (TPSA) is 121 Å². The van der Waals surface area contributed by atoms with E-state index in [9.17, 15) is 35.9 Å². The van der Waals surface area contributed by atoms with Crippen LogP contribution < -0.4 is 10.1 Å². The van der Waals surface area contributed by atoms with Gasteiger partial charge in [0.25, 0.3) is 5.91 Å². The molecular weight excluding hydrogens is 602 g/mol. The highest BCUT2D eigenvalue weighted by Gasteiger charge is 2.56. The normalized spacial score (nSPS) is 14.7. The third-order valence-corrected chi connectivity index (χ3v) is 8.56. The molecule has 0 saturated carbocycles. The van der Waals surface area contributed by atoms with E-state index >= 15 is 0 Å². The number of H-pyrrole nitrogens is 1. The summed E-state index contributed by atoms with van der Waals surface area (Å²) in [6.45, 7) is 4.59. The molecule has 0 aliphatic heterocycles. The number of nitrogens with zero attached hydrogens (tertiary/aromatic N) is 1. The first-order valence-electron chi connectivity index (χ1n) is 13.5. The first-order valence-corrected chi connectivity index (χ1v) is 15.4. The van der Waals surface area contributed by atoms with Crippen LogP contribution in [0.5, 0.6) is 5.75 Å². The number of hydrogen-bond donors (Lipinski definition) is 3. The van der Waals surface area contributed by atoms with Gasteiger partial charge in [0, 0.05) is 29.3 Å². The summed E-state index contributed by atoms with van der Waals surface area (Å²) >= 11 is 0. The average Bonchev–Trinajstić information content (AvgIpc) is 3.32. The van der Waals surface area contributed by atoms with Gasteiger partial charge in [-0.15, -0.1) is 0 Å². The molecule has 236 valence electrons. The van der Waals surface area contributed by atoms with Gasteiger partial charge in [-0.1, -0.05) is 32.0 Å². The van der Waals surface area contributed by atoms with Crippen LogP contribution in [-0.2, 0) is 21.7 Å². The molecule has 2 atom stereocenters. The second kappa shape index (κ2) is 11.8. The fraction of sp³-hybridized carbons (Fsp3) is 0.355. The van der Waals surface area contributed by atoms with Crippen LogP contribution in [0.1, 0.15) is 60.4 Å². The molecule has 0 radical (unpaired) electrons. The Morgan fingerprint density at radius 3 is 2.34 bits per heavy atom. The van der Waals surface area contributed by atoms with Gasteiger partial charge in [0.1, 0.15) is 11.6 Å². The van der Waals surface area contributed by atoms with Gasteiger partial charge in [0.05, 0.1) is 24.9 Å².